The zero-order valence-corrected chi connectivity index (χ0v) is 13.6. The summed E-state index contributed by atoms with van der Waals surface area (Å²) in [6.07, 6.45) is 5.47. The third-order valence-electron chi connectivity index (χ3n) is 4.61. The Hall–Kier alpha value is -0.580. The van der Waals surface area contributed by atoms with E-state index in [1.54, 1.807) is 0 Å². The van der Waals surface area contributed by atoms with Crippen LogP contribution >= 0.6 is 15.9 Å². The third kappa shape index (κ3) is 3.18. The SMILES string of the molecule is NCc1cc(Br)cc(N2CCC(N3CCCCC3)C2)c1. The van der Waals surface area contributed by atoms with Crippen LogP contribution in [0.1, 0.15) is 31.2 Å². The van der Waals surface area contributed by atoms with Gasteiger partial charge in [-0.05, 0) is 56.1 Å². The number of piperidine rings is 1. The van der Waals surface area contributed by atoms with Crippen LogP contribution in [0.15, 0.2) is 22.7 Å². The van der Waals surface area contributed by atoms with Crippen molar-refractivity contribution in [2.24, 2.45) is 5.73 Å². The molecule has 2 saturated heterocycles. The van der Waals surface area contributed by atoms with Gasteiger partial charge in [0.1, 0.15) is 0 Å². The van der Waals surface area contributed by atoms with E-state index in [0.717, 1.165) is 10.5 Å². The van der Waals surface area contributed by atoms with Crippen LogP contribution in [0.4, 0.5) is 5.69 Å². The molecule has 0 saturated carbocycles. The van der Waals surface area contributed by atoms with Crippen LogP contribution in [-0.4, -0.2) is 37.1 Å². The summed E-state index contributed by atoms with van der Waals surface area (Å²) in [6.45, 7) is 5.54. The normalized spacial score (nSPS) is 24.3. The molecule has 1 atom stereocenters. The van der Waals surface area contributed by atoms with Crippen LogP contribution in [0.2, 0.25) is 0 Å². The maximum atomic E-state index is 5.78. The Kier molecular flexibility index (Phi) is 4.64. The Morgan fingerprint density at radius 2 is 1.90 bits per heavy atom. The Balaban J connectivity index is 1.68. The van der Waals surface area contributed by atoms with Gasteiger partial charge in [-0.25, -0.2) is 0 Å². The van der Waals surface area contributed by atoms with E-state index in [0.29, 0.717) is 6.54 Å². The molecular formula is C16H24BrN3. The van der Waals surface area contributed by atoms with E-state index in [1.807, 2.05) is 0 Å². The van der Waals surface area contributed by atoms with Gasteiger partial charge in [-0.2, -0.15) is 0 Å². The van der Waals surface area contributed by atoms with E-state index >= 15 is 0 Å². The van der Waals surface area contributed by atoms with Crippen LogP contribution in [0.3, 0.4) is 0 Å². The highest BCUT2D eigenvalue weighted by molar-refractivity contribution is 9.10. The molecule has 0 aliphatic carbocycles. The Labute approximate surface area is 130 Å². The Bertz CT molecular complexity index is 457. The van der Waals surface area contributed by atoms with Gasteiger partial charge in [0.25, 0.3) is 0 Å². The summed E-state index contributed by atoms with van der Waals surface area (Å²) in [5.41, 5.74) is 8.31. The topological polar surface area (TPSA) is 32.5 Å². The summed E-state index contributed by atoms with van der Waals surface area (Å²) < 4.78 is 1.14. The minimum Gasteiger partial charge on any atom is -0.370 e. The average Bonchev–Trinajstić information content (AvgIpc) is 2.97. The van der Waals surface area contributed by atoms with Gasteiger partial charge < -0.3 is 10.6 Å². The van der Waals surface area contributed by atoms with Crippen LogP contribution < -0.4 is 10.6 Å². The monoisotopic (exact) mass is 337 g/mol. The van der Waals surface area contributed by atoms with Crippen molar-refractivity contribution in [3.05, 3.63) is 28.2 Å². The number of likely N-dealkylation sites (tertiary alicyclic amines) is 1. The molecule has 0 bridgehead atoms. The summed E-state index contributed by atoms with van der Waals surface area (Å²) in [5, 5.41) is 0. The van der Waals surface area contributed by atoms with Gasteiger partial charge in [0.05, 0.1) is 0 Å². The van der Waals surface area contributed by atoms with Gasteiger partial charge in [-0.3, -0.25) is 4.90 Å². The molecule has 2 aliphatic rings. The molecule has 2 fully saturated rings. The van der Waals surface area contributed by atoms with Crippen molar-refractivity contribution < 1.29 is 0 Å². The van der Waals surface area contributed by atoms with Crippen molar-refractivity contribution in [1.29, 1.82) is 0 Å². The molecule has 1 aromatic carbocycles. The lowest BCUT2D eigenvalue weighted by atomic mass is 10.1. The van der Waals surface area contributed by atoms with E-state index in [-0.39, 0.29) is 0 Å². The van der Waals surface area contributed by atoms with Gasteiger partial charge in [0.2, 0.25) is 0 Å². The molecule has 2 N–H and O–H groups in total. The molecule has 0 amide bonds. The lowest BCUT2D eigenvalue weighted by molar-refractivity contribution is 0.175. The van der Waals surface area contributed by atoms with E-state index in [9.17, 15) is 0 Å². The molecule has 1 unspecified atom stereocenters. The van der Waals surface area contributed by atoms with Crippen LogP contribution in [-0.2, 0) is 6.54 Å². The predicted molar refractivity (Wildman–Crippen MR) is 88.1 cm³/mol. The first-order chi connectivity index (χ1) is 9.76. The van der Waals surface area contributed by atoms with Crippen molar-refractivity contribution >= 4 is 21.6 Å². The minimum atomic E-state index is 0.607. The largest absolute Gasteiger partial charge is 0.370 e. The zero-order chi connectivity index (χ0) is 13.9. The number of halogens is 1. The summed E-state index contributed by atoms with van der Waals surface area (Å²) >= 11 is 3.60. The van der Waals surface area contributed by atoms with Gasteiger partial charge in [-0.1, -0.05) is 22.4 Å². The van der Waals surface area contributed by atoms with E-state index in [4.69, 9.17) is 5.73 Å². The molecule has 20 heavy (non-hydrogen) atoms. The van der Waals surface area contributed by atoms with Crippen molar-refractivity contribution in [3.63, 3.8) is 0 Å². The Morgan fingerprint density at radius 3 is 2.65 bits per heavy atom. The molecule has 0 aromatic heterocycles. The highest BCUT2D eigenvalue weighted by Crippen LogP contribution is 2.28. The van der Waals surface area contributed by atoms with Crippen LogP contribution in [0.5, 0.6) is 0 Å². The number of hydrogen-bond donors (Lipinski definition) is 1. The number of benzene rings is 1. The van der Waals surface area contributed by atoms with Crippen molar-refractivity contribution in [1.82, 2.24) is 4.90 Å². The standard InChI is InChI=1S/C16H24BrN3/c17-14-8-13(11-18)9-16(10-14)20-7-4-15(12-20)19-5-2-1-3-6-19/h8-10,15H,1-7,11-12,18H2. The van der Waals surface area contributed by atoms with Gasteiger partial charge in [-0.15, -0.1) is 0 Å². The zero-order valence-electron chi connectivity index (χ0n) is 12.0. The molecule has 0 radical (unpaired) electrons. The summed E-state index contributed by atoms with van der Waals surface area (Å²) in [7, 11) is 0. The molecule has 2 aliphatic heterocycles. The minimum absolute atomic E-state index is 0.607. The molecule has 1 aromatic rings. The second-order valence-electron chi connectivity index (χ2n) is 6.01. The van der Waals surface area contributed by atoms with E-state index in [1.165, 1.54) is 63.1 Å². The number of rotatable bonds is 3. The molecule has 0 spiro atoms. The molecule has 2 heterocycles. The first-order valence-electron chi connectivity index (χ1n) is 7.75. The van der Waals surface area contributed by atoms with E-state index < -0.39 is 0 Å². The van der Waals surface area contributed by atoms with Gasteiger partial charge >= 0.3 is 0 Å². The third-order valence-corrected chi connectivity index (χ3v) is 5.07. The van der Waals surface area contributed by atoms with Gasteiger partial charge in [0, 0.05) is 35.8 Å². The summed E-state index contributed by atoms with van der Waals surface area (Å²) in [4.78, 5) is 5.22. The molecule has 4 heteroatoms. The molecular weight excluding hydrogens is 314 g/mol. The van der Waals surface area contributed by atoms with Crippen LogP contribution in [0, 0.1) is 0 Å². The number of nitrogens with zero attached hydrogens (tertiary/aromatic N) is 2. The maximum absolute atomic E-state index is 5.78. The smallest absolute Gasteiger partial charge is 0.0381 e. The average molecular weight is 338 g/mol. The summed E-state index contributed by atoms with van der Waals surface area (Å²) in [5.74, 6) is 0. The van der Waals surface area contributed by atoms with Crippen molar-refractivity contribution in [2.45, 2.75) is 38.3 Å². The number of anilines is 1. The fourth-order valence-corrected chi connectivity index (χ4v) is 4.02. The second-order valence-corrected chi connectivity index (χ2v) is 6.92. The fourth-order valence-electron chi connectivity index (χ4n) is 3.49. The predicted octanol–water partition coefficient (Wildman–Crippen LogP) is 2.97. The molecule has 110 valence electrons. The lowest BCUT2D eigenvalue weighted by Gasteiger charge is -2.32. The second kappa shape index (κ2) is 6.46. The summed E-state index contributed by atoms with van der Waals surface area (Å²) in [6, 6.07) is 7.32. The first-order valence-corrected chi connectivity index (χ1v) is 8.54. The molecule has 3 rings (SSSR count). The lowest BCUT2D eigenvalue weighted by Crippen LogP contribution is -2.40. The first kappa shape index (κ1) is 14.4. The van der Waals surface area contributed by atoms with Gasteiger partial charge in [0.15, 0.2) is 0 Å². The number of nitrogens with two attached hydrogens (primary N) is 1. The van der Waals surface area contributed by atoms with Crippen LogP contribution in [0.25, 0.3) is 0 Å². The fraction of sp³-hybridized carbons (Fsp3) is 0.625. The van der Waals surface area contributed by atoms with Crippen molar-refractivity contribution in [3.8, 4) is 0 Å². The highest BCUT2D eigenvalue weighted by Gasteiger charge is 2.28. The Morgan fingerprint density at radius 1 is 1.10 bits per heavy atom. The quantitative estimate of drug-likeness (QED) is 0.920. The molecule has 3 nitrogen and oxygen atoms in total. The van der Waals surface area contributed by atoms with Crippen molar-refractivity contribution in [2.75, 3.05) is 31.1 Å². The highest BCUT2D eigenvalue weighted by atomic mass is 79.9. The number of hydrogen-bond acceptors (Lipinski definition) is 3. The van der Waals surface area contributed by atoms with E-state index in [2.05, 4.69) is 43.9 Å². The maximum Gasteiger partial charge on any atom is 0.0381 e.